The van der Waals surface area contributed by atoms with Crippen LogP contribution in [0.3, 0.4) is 0 Å². The third-order valence-corrected chi connectivity index (χ3v) is 9.06. The van der Waals surface area contributed by atoms with Crippen molar-refractivity contribution in [1.82, 2.24) is 30.0 Å². The summed E-state index contributed by atoms with van der Waals surface area (Å²) in [5.41, 5.74) is 6.85. The Morgan fingerprint density at radius 1 is 0.735 bits per heavy atom. The number of imidazole rings is 1. The molecule has 238 valence electrons. The van der Waals surface area contributed by atoms with Gasteiger partial charge in [0.15, 0.2) is 0 Å². The van der Waals surface area contributed by atoms with Crippen LogP contribution in [-0.4, -0.2) is 30.6 Å². The van der Waals surface area contributed by atoms with Crippen LogP contribution in [-0.2, 0) is 5.54 Å². The maximum Gasteiger partial charge on any atom is 0.289 e. The molecule has 8 heteroatoms. The summed E-state index contributed by atoms with van der Waals surface area (Å²) in [7, 11) is 0. The highest BCUT2D eigenvalue weighted by Gasteiger charge is 2.40. The number of rotatable bonds is 8. The fourth-order valence-corrected chi connectivity index (χ4v) is 6.77. The number of aromatic amines is 1. The first-order valence-electron chi connectivity index (χ1n) is 16.1. The van der Waals surface area contributed by atoms with E-state index >= 15 is 0 Å². The number of nitrogens with one attached hydrogen (secondary N) is 2. The van der Waals surface area contributed by atoms with Crippen LogP contribution in [0.25, 0.3) is 33.2 Å². The molecule has 2 N–H and O–H groups in total. The second-order valence-electron chi connectivity index (χ2n) is 12.0. The maximum atomic E-state index is 13.9. The van der Waals surface area contributed by atoms with E-state index in [1.807, 2.05) is 42.5 Å². The SMILES string of the molecule is C[C@@H](NC(=O)c1nc2cc3c(-c4ccncc4)[nH]n(C(c4ccccc4)(c4ccccc4)c4ccccc4)c3cc2n1)c1cccc(F)c1. The molecule has 7 nitrogen and oxygen atoms in total. The predicted octanol–water partition coefficient (Wildman–Crippen LogP) is 8.44. The first-order valence-corrected chi connectivity index (χ1v) is 16.1. The number of aromatic nitrogens is 5. The molecule has 0 aliphatic heterocycles. The number of pyridine rings is 1. The van der Waals surface area contributed by atoms with Gasteiger partial charge in [-0.1, -0.05) is 103 Å². The lowest BCUT2D eigenvalue weighted by Gasteiger charge is -2.37. The van der Waals surface area contributed by atoms with Gasteiger partial charge in [0.05, 0.1) is 28.3 Å². The molecular formula is C41H31FN6O. The molecular weight excluding hydrogens is 611 g/mol. The lowest BCUT2D eigenvalue weighted by molar-refractivity contribution is 0.0930. The van der Waals surface area contributed by atoms with Gasteiger partial charge in [-0.2, -0.15) is 0 Å². The van der Waals surface area contributed by atoms with Gasteiger partial charge in [-0.3, -0.25) is 19.6 Å². The summed E-state index contributed by atoms with van der Waals surface area (Å²) in [6, 6.07) is 45.0. The van der Waals surface area contributed by atoms with E-state index in [1.165, 1.54) is 12.1 Å². The molecule has 5 aromatic carbocycles. The fraction of sp³-hybridized carbons (Fsp3) is 0.0732. The van der Waals surface area contributed by atoms with Gasteiger partial charge < -0.3 is 5.32 Å². The number of nitrogens with zero attached hydrogens (tertiary/aromatic N) is 4. The molecule has 3 heterocycles. The summed E-state index contributed by atoms with van der Waals surface area (Å²) in [6.45, 7) is 1.81. The van der Waals surface area contributed by atoms with Crippen molar-refractivity contribution < 1.29 is 9.18 Å². The number of halogens is 1. The summed E-state index contributed by atoms with van der Waals surface area (Å²) in [6.07, 6.45) is 3.54. The predicted molar refractivity (Wildman–Crippen MR) is 190 cm³/mol. The van der Waals surface area contributed by atoms with Crippen molar-refractivity contribution in [1.29, 1.82) is 0 Å². The third kappa shape index (κ3) is 5.23. The molecule has 8 aromatic rings. The van der Waals surface area contributed by atoms with E-state index in [2.05, 4.69) is 97.9 Å². The van der Waals surface area contributed by atoms with Crippen LogP contribution < -0.4 is 5.32 Å². The first-order chi connectivity index (χ1) is 24.0. The smallest absolute Gasteiger partial charge is 0.289 e. The minimum atomic E-state index is -0.832. The molecule has 3 aromatic heterocycles. The summed E-state index contributed by atoms with van der Waals surface area (Å²) in [5, 5.41) is 7.65. The molecule has 0 unspecified atom stereocenters. The molecule has 1 amide bonds. The minimum Gasteiger partial charge on any atom is -0.343 e. The van der Waals surface area contributed by atoms with Crippen LogP contribution in [0.1, 0.15) is 45.8 Å². The standard InChI is InChI=1S/C41H31FN6O/c1-27(29-12-11-19-33(42)24-29)44-40(49)39-45-35-25-34-37(26-36(35)46-39)48(47-38(34)28-20-22-43-23-21-28)41(30-13-5-2-6-14-30,31-15-7-3-8-16-31)32-17-9-4-10-18-32/h2-27,47H,1H3,(H,44,49)/t27-/m1/s1. The van der Waals surface area contributed by atoms with E-state index in [4.69, 9.17) is 4.98 Å². The number of carbonyl (C=O) groups is 1. The van der Waals surface area contributed by atoms with Gasteiger partial charge in [0.25, 0.3) is 5.91 Å². The van der Waals surface area contributed by atoms with Crippen molar-refractivity contribution in [3.63, 3.8) is 0 Å². The number of hydrogen-bond acceptors (Lipinski definition) is 4. The van der Waals surface area contributed by atoms with Crippen molar-refractivity contribution >= 4 is 27.8 Å². The monoisotopic (exact) mass is 642 g/mol. The molecule has 0 radical (unpaired) electrons. The average molecular weight is 643 g/mol. The van der Waals surface area contributed by atoms with E-state index < -0.39 is 17.5 Å². The van der Waals surface area contributed by atoms with Crippen LogP contribution >= 0.6 is 0 Å². The third-order valence-electron chi connectivity index (χ3n) is 9.06. The van der Waals surface area contributed by atoms with Gasteiger partial charge in [0.1, 0.15) is 11.4 Å². The lowest BCUT2D eigenvalue weighted by Crippen LogP contribution is -2.38. The largest absolute Gasteiger partial charge is 0.343 e. The fourth-order valence-electron chi connectivity index (χ4n) is 6.77. The highest BCUT2D eigenvalue weighted by molar-refractivity contribution is 6.03. The van der Waals surface area contributed by atoms with Crippen LogP contribution in [0.15, 0.2) is 152 Å². The van der Waals surface area contributed by atoms with E-state index in [-0.39, 0.29) is 11.6 Å². The molecule has 0 aliphatic rings. The Balaban J connectivity index is 1.37. The van der Waals surface area contributed by atoms with E-state index in [1.54, 1.807) is 31.5 Å². The Kier molecular flexibility index (Phi) is 7.53. The van der Waals surface area contributed by atoms with Gasteiger partial charge in [-0.15, -0.1) is 0 Å². The number of carbonyl (C=O) groups excluding carboxylic acids is 1. The molecule has 0 saturated heterocycles. The van der Waals surface area contributed by atoms with Crippen LogP contribution in [0.5, 0.6) is 0 Å². The molecule has 0 spiro atoms. The Morgan fingerprint density at radius 2 is 1.31 bits per heavy atom. The first kappa shape index (κ1) is 30.0. The number of H-pyrrole nitrogens is 1. The molecule has 0 aliphatic carbocycles. The van der Waals surface area contributed by atoms with Crippen molar-refractivity contribution in [2.75, 3.05) is 0 Å². The number of amides is 1. The summed E-state index contributed by atoms with van der Waals surface area (Å²) in [4.78, 5) is 27.1. The topological polar surface area (TPSA) is 88.5 Å². The van der Waals surface area contributed by atoms with Crippen LogP contribution in [0.2, 0.25) is 0 Å². The van der Waals surface area contributed by atoms with E-state index in [0.29, 0.717) is 16.6 Å². The van der Waals surface area contributed by atoms with Crippen molar-refractivity contribution in [3.8, 4) is 11.3 Å². The Hall–Kier alpha value is -6.41. The zero-order chi connectivity index (χ0) is 33.4. The van der Waals surface area contributed by atoms with Crippen molar-refractivity contribution in [3.05, 3.63) is 186 Å². The van der Waals surface area contributed by atoms with Gasteiger partial charge in [0.2, 0.25) is 5.82 Å². The van der Waals surface area contributed by atoms with Gasteiger partial charge in [0, 0.05) is 23.3 Å². The molecule has 0 fully saturated rings. The molecule has 1 atom stereocenters. The van der Waals surface area contributed by atoms with Crippen LogP contribution in [0.4, 0.5) is 4.39 Å². The highest BCUT2D eigenvalue weighted by Crippen LogP contribution is 2.44. The zero-order valence-electron chi connectivity index (χ0n) is 26.6. The number of fused-ring (bicyclic) bond motifs is 2. The van der Waals surface area contributed by atoms with Gasteiger partial charge >= 0.3 is 0 Å². The van der Waals surface area contributed by atoms with Gasteiger partial charge in [-0.05, 0) is 65.6 Å². The van der Waals surface area contributed by atoms with E-state index in [0.717, 1.165) is 38.9 Å². The average Bonchev–Trinajstić information content (AvgIpc) is 3.74. The molecule has 8 rings (SSSR count). The van der Waals surface area contributed by atoms with E-state index in [9.17, 15) is 9.18 Å². The molecule has 49 heavy (non-hydrogen) atoms. The number of hydrogen-bond donors (Lipinski definition) is 2. The number of benzene rings is 5. The maximum absolute atomic E-state index is 13.9. The van der Waals surface area contributed by atoms with Crippen molar-refractivity contribution in [2.45, 2.75) is 18.5 Å². The second-order valence-corrected chi connectivity index (χ2v) is 12.0. The highest BCUT2D eigenvalue weighted by atomic mass is 19.1. The second kappa shape index (κ2) is 12.3. The molecule has 0 saturated carbocycles. The zero-order valence-corrected chi connectivity index (χ0v) is 26.6. The Labute approximate surface area is 282 Å². The quantitative estimate of drug-likeness (QED) is 0.163. The van der Waals surface area contributed by atoms with Crippen molar-refractivity contribution in [2.24, 2.45) is 0 Å². The van der Waals surface area contributed by atoms with Gasteiger partial charge in [-0.25, -0.2) is 14.4 Å². The Bertz CT molecular complexity index is 2310. The minimum absolute atomic E-state index is 0.0485. The van der Waals surface area contributed by atoms with Crippen LogP contribution in [0, 0.1) is 5.82 Å². The normalized spacial score (nSPS) is 12.3. The molecule has 0 bridgehead atoms. The summed E-state index contributed by atoms with van der Waals surface area (Å²) >= 11 is 0. The lowest BCUT2D eigenvalue weighted by atomic mass is 9.77. The summed E-state index contributed by atoms with van der Waals surface area (Å²) in [5.74, 6) is -0.749. The summed E-state index contributed by atoms with van der Waals surface area (Å²) < 4.78 is 16.1. The Morgan fingerprint density at radius 3 is 1.88 bits per heavy atom.